The summed E-state index contributed by atoms with van der Waals surface area (Å²) in [6.45, 7) is 0.869. The van der Waals surface area contributed by atoms with Crippen LogP contribution in [0.2, 0.25) is 0 Å². The summed E-state index contributed by atoms with van der Waals surface area (Å²) < 4.78 is 4.81. The standard InChI is InChI=1S/C13H17N3O4/c1-20-7-3-6-14-12(18)13(19)16-15-9-10-4-2-5-11(17)8-10/h2,4-5,8-9,17H,3,6-7H2,1H3,(H,14,18)(H,16,19)/b15-9-. The Kier molecular flexibility index (Phi) is 6.77. The quantitative estimate of drug-likeness (QED) is 0.295. The maximum absolute atomic E-state index is 11.3. The van der Waals surface area contributed by atoms with Gasteiger partial charge in [0.05, 0.1) is 6.21 Å². The molecule has 0 atom stereocenters. The molecule has 0 aromatic heterocycles. The Hall–Kier alpha value is -2.41. The van der Waals surface area contributed by atoms with E-state index in [1.165, 1.54) is 18.3 Å². The van der Waals surface area contributed by atoms with Crippen molar-refractivity contribution in [1.29, 1.82) is 0 Å². The fourth-order valence-corrected chi connectivity index (χ4v) is 1.32. The molecular formula is C13H17N3O4. The normalized spacial score (nSPS) is 10.4. The molecule has 1 aromatic carbocycles. The van der Waals surface area contributed by atoms with Crippen LogP contribution in [0.3, 0.4) is 0 Å². The number of amides is 2. The van der Waals surface area contributed by atoms with Crippen LogP contribution in [0.15, 0.2) is 29.4 Å². The minimum Gasteiger partial charge on any atom is -0.508 e. The van der Waals surface area contributed by atoms with Gasteiger partial charge < -0.3 is 15.2 Å². The second-order valence-electron chi connectivity index (χ2n) is 3.90. The lowest BCUT2D eigenvalue weighted by molar-refractivity contribution is -0.139. The highest BCUT2D eigenvalue weighted by Gasteiger charge is 2.10. The van der Waals surface area contributed by atoms with Crippen LogP contribution in [-0.2, 0) is 14.3 Å². The molecule has 0 aliphatic carbocycles. The van der Waals surface area contributed by atoms with Gasteiger partial charge in [-0.3, -0.25) is 9.59 Å². The van der Waals surface area contributed by atoms with E-state index in [-0.39, 0.29) is 5.75 Å². The lowest BCUT2D eigenvalue weighted by Gasteiger charge is -2.03. The third-order valence-electron chi connectivity index (χ3n) is 2.27. The van der Waals surface area contributed by atoms with Gasteiger partial charge in [-0.25, -0.2) is 5.43 Å². The highest BCUT2D eigenvalue weighted by atomic mass is 16.5. The van der Waals surface area contributed by atoms with E-state index in [0.717, 1.165) is 0 Å². The van der Waals surface area contributed by atoms with Crippen LogP contribution in [0.5, 0.6) is 5.75 Å². The summed E-state index contributed by atoms with van der Waals surface area (Å²) in [6, 6.07) is 6.32. The summed E-state index contributed by atoms with van der Waals surface area (Å²) >= 11 is 0. The van der Waals surface area contributed by atoms with Gasteiger partial charge in [0, 0.05) is 20.3 Å². The minimum atomic E-state index is -0.848. The predicted molar refractivity (Wildman–Crippen MR) is 73.3 cm³/mol. The van der Waals surface area contributed by atoms with Gasteiger partial charge in [0.25, 0.3) is 0 Å². The first-order valence-corrected chi connectivity index (χ1v) is 6.02. The van der Waals surface area contributed by atoms with Gasteiger partial charge in [-0.1, -0.05) is 12.1 Å². The van der Waals surface area contributed by atoms with Gasteiger partial charge in [0.15, 0.2) is 0 Å². The summed E-state index contributed by atoms with van der Waals surface area (Å²) in [7, 11) is 1.56. The molecule has 0 aliphatic heterocycles. The van der Waals surface area contributed by atoms with Gasteiger partial charge in [0.2, 0.25) is 0 Å². The number of phenolic OH excluding ortho intramolecular Hbond substituents is 1. The number of aromatic hydroxyl groups is 1. The second-order valence-corrected chi connectivity index (χ2v) is 3.90. The highest BCUT2D eigenvalue weighted by Crippen LogP contribution is 2.08. The maximum Gasteiger partial charge on any atom is 0.329 e. The number of methoxy groups -OCH3 is 1. The number of ether oxygens (including phenoxy) is 1. The molecule has 108 valence electrons. The van der Waals surface area contributed by atoms with E-state index in [1.54, 1.807) is 19.2 Å². The number of hydrazone groups is 1. The topological polar surface area (TPSA) is 100 Å². The Bertz CT molecular complexity index is 488. The molecule has 0 heterocycles. The monoisotopic (exact) mass is 279 g/mol. The highest BCUT2D eigenvalue weighted by molar-refractivity contribution is 6.35. The number of carbonyl (C=O) groups is 2. The molecule has 7 nitrogen and oxygen atoms in total. The predicted octanol–water partition coefficient (Wildman–Crippen LogP) is -0.00500. The third-order valence-corrected chi connectivity index (χ3v) is 2.27. The summed E-state index contributed by atoms with van der Waals surface area (Å²) in [5.41, 5.74) is 2.70. The van der Waals surface area contributed by atoms with E-state index in [2.05, 4.69) is 15.8 Å². The van der Waals surface area contributed by atoms with E-state index in [0.29, 0.717) is 25.1 Å². The molecule has 2 amide bonds. The molecule has 20 heavy (non-hydrogen) atoms. The number of nitrogens with one attached hydrogen (secondary N) is 2. The molecule has 1 rings (SSSR count). The minimum absolute atomic E-state index is 0.0937. The van der Waals surface area contributed by atoms with E-state index in [1.807, 2.05) is 0 Å². The van der Waals surface area contributed by atoms with Crippen LogP contribution in [-0.4, -0.2) is 43.4 Å². The summed E-state index contributed by atoms with van der Waals surface area (Å²) in [5, 5.41) is 15.3. The van der Waals surface area contributed by atoms with E-state index in [4.69, 9.17) is 4.74 Å². The molecule has 1 aromatic rings. The second kappa shape index (κ2) is 8.65. The maximum atomic E-state index is 11.3. The molecule has 7 heteroatoms. The first kappa shape index (κ1) is 15.6. The largest absolute Gasteiger partial charge is 0.508 e. The number of rotatable bonds is 6. The van der Waals surface area contributed by atoms with Crippen molar-refractivity contribution >= 4 is 18.0 Å². The van der Waals surface area contributed by atoms with Gasteiger partial charge in [-0.2, -0.15) is 5.10 Å². The number of phenols is 1. The number of nitrogens with zero attached hydrogens (tertiary/aromatic N) is 1. The van der Waals surface area contributed by atoms with Crippen LogP contribution in [0, 0.1) is 0 Å². The van der Waals surface area contributed by atoms with Crippen molar-refractivity contribution in [2.75, 3.05) is 20.3 Å². The van der Waals surface area contributed by atoms with Crippen molar-refractivity contribution in [2.45, 2.75) is 6.42 Å². The first-order valence-electron chi connectivity index (χ1n) is 6.02. The number of hydrogen-bond donors (Lipinski definition) is 3. The Morgan fingerprint density at radius 2 is 2.20 bits per heavy atom. The number of carbonyl (C=O) groups excluding carboxylic acids is 2. The zero-order valence-corrected chi connectivity index (χ0v) is 11.1. The lowest BCUT2D eigenvalue weighted by Crippen LogP contribution is -2.38. The van der Waals surface area contributed by atoms with Gasteiger partial charge in [0.1, 0.15) is 5.75 Å². The number of hydrogen-bond acceptors (Lipinski definition) is 5. The Morgan fingerprint density at radius 3 is 2.90 bits per heavy atom. The van der Waals surface area contributed by atoms with Crippen molar-refractivity contribution in [3.05, 3.63) is 29.8 Å². The Labute approximate surface area is 116 Å². The average Bonchev–Trinajstić information content (AvgIpc) is 2.43. The van der Waals surface area contributed by atoms with E-state index in [9.17, 15) is 14.7 Å². The molecule has 0 aliphatic rings. The van der Waals surface area contributed by atoms with Gasteiger partial charge in [-0.05, 0) is 24.1 Å². The van der Waals surface area contributed by atoms with Crippen LogP contribution >= 0.6 is 0 Å². The van der Waals surface area contributed by atoms with Crippen LogP contribution in [0.1, 0.15) is 12.0 Å². The molecule has 0 radical (unpaired) electrons. The van der Waals surface area contributed by atoms with Gasteiger partial charge in [-0.15, -0.1) is 0 Å². The number of benzene rings is 1. The SMILES string of the molecule is COCCCNC(=O)C(=O)N/N=C\c1cccc(O)c1. The molecule has 0 spiro atoms. The van der Waals surface area contributed by atoms with Crippen molar-refractivity contribution in [1.82, 2.24) is 10.7 Å². The van der Waals surface area contributed by atoms with Gasteiger partial charge >= 0.3 is 11.8 Å². The molecule has 3 N–H and O–H groups in total. The summed E-state index contributed by atoms with van der Waals surface area (Å²) in [5.74, 6) is -1.51. The van der Waals surface area contributed by atoms with Crippen molar-refractivity contribution < 1.29 is 19.4 Å². The van der Waals surface area contributed by atoms with Crippen molar-refractivity contribution in [3.63, 3.8) is 0 Å². The van der Waals surface area contributed by atoms with Crippen LogP contribution in [0.25, 0.3) is 0 Å². The molecule has 0 fully saturated rings. The smallest absolute Gasteiger partial charge is 0.329 e. The zero-order chi connectivity index (χ0) is 14.8. The van der Waals surface area contributed by atoms with Crippen LogP contribution in [0.4, 0.5) is 0 Å². The summed E-state index contributed by atoms with van der Waals surface area (Å²) in [4.78, 5) is 22.7. The van der Waals surface area contributed by atoms with Crippen LogP contribution < -0.4 is 10.7 Å². The zero-order valence-electron chi connectivity index (χ0n) is 11.1. The van der Waals surface area contributed by atoms with E-state index < -0.39 is 11.8 Å². The average molecular weight is 279 g/mol. The molecular weight excluding hydrogens is 262 g/mol. The van der Waals surface area contributed by atoms with Crippen molar-refractivity contribution in [2.24, 2.45) is 5.10 Å². The fraction of sp³-hybridized carbons (Fsp3) is 0.308. The van der Waals surface area contributed by atoms with Crippen molar-refractivity contribution in [3.8, 4) is 5.75 Å². The van der Waals surface area contributed by atoms with E-state index >= 15 is 0 Å². The Morgan fingerprint density at radius 1 is 1.40 bits per heavy atom. The summed E-state index contributed by atoms with van der Waals surface area (Å²) in [6.07, 6.45) is 1.96. The molecule has 0 bridgehead atoms. The lowest BCUT2D eigenvalue weighted by atomic mass is 10.2. The molecule has 0 saturated carbocycles. The Balaban J connectivity index is 2.33. The molecule has 0 saturated heterocycles. The molecule has 0 unspecified atom stereocenters. The third kappa shape index (κ3) is 5.96. The fourth-order valence-electron chi connectivity index (χ4n) is 1.32. The first-order chi connectivity index (χ1) is 9.63.